The average molecular weight is 630 g/mol. The van der Waals surface area contributed by atoms with E-state index >= 15 is 0 Å². The van der Waals surface area contributed by atoms with Crippen molar-refractivity contribution in [2.75, 3.05) is 32.8 Å². The van der Waals surface area contributed by atoms with Crippen LogP contribution in [0.5, 0.6) is 0 Å². The number of fused-ring (bicyclic) bond motifs is 3. The van der Waals surface area contributed by atoms with Gasteiger partial charge in [-0.1, -0.05) is 78.9 Å². The molecular weight excluding hydrogens is 594 g/mol. The molecule has 0 saturated carbocycles. The van der Waals surface area contributed by atoms with Crippen LogP contribution in [-0.2, 0) is 35.1 Å². The van der Waals surface area contributed by atoms with Crippen LogP contribution in [0.25, 0.3) is 11.1 Å². The molecule has 0 spiro atoms. The van der Waals surface area contributed by atoms with Crippen molar-refractivity contribution < 1.29 is 38.6 Å². The molecular formula is C33H35N5O8. The predicted molar refractivity (Wildman–Crippen MR) is 166 cm³/mol. The molecule has 1 atom stereocenters. The van der Waals surface area contributed by atoms with Gasteiger partial charge in [0.2, 0.25) is 23.6 Å². The van der Waals surface area contributed by atoms with Gasteiger partial charge >= 0.3 is 12.1 Å². The maximum atomic E-state index is 12.8. The van der Waals surface area contributed by atoms with Crippen molar-refractivity contribution in [1.29, 1.82) is 0 Å². The third-order valence-corrected chi connectivity index (χ3v) is 7.20. The highest BCUT2D eigenvalue weighted by Crippen LogP contribution is 2.44. The fourth-order valence-electron chi connectivity index (χ4n) is 5.01. The minimum atomic E-state index is -1.07. The minimum Gasteiger partial charge on any atom is -0.481 e. The van der Waals surface area contributed by atoms with E-state index in [4.69, 9.17) is 9.84 Å². The number of amides is 5. The molecule has 3 aromatic rings. The van der Waals surface area contributed by atoms with E-state index in [1.165, 1.54) is 0 Å². The third kappa shape index (κ3) is 9.64. The lowest BCUT2D eigenvalue weighted by atomic mass is 9.98. The SMILES string of the molecule is O=C(O)CCNC(=O)CNC(=O)[C@H](Cc1ccccc1)NC(=O)CNC(=O)CNC(=O)OCC1c2ccccc2-c2ccccc21. The van der Waals surface area contributed by atoms with Crippen molar-refractivity contribution in [2.45, 2.75) is 24.8 Å². The molecule has 0 aliphatic heterocycles. The van der Waals surface area contributed by atoms with Crippen LogP contribution < -0.4 is 26.6 Å². The van der Waals surface area contributed by atoms with Gasteiger partial charge in [0.15, 0.2) is 0 Å². The molecule has 1 aliphatic rings. The fraction of sp³-hybridized carbons (Fsp3) is 0.273. The molecule has 0 saturated heterocycles. The molecule has 6 N–H and O–H groups in total. The molecule has 4 rings (SSSR count). The van der Waals surface area contributed by atoms with Crippen molar-refractivity contribution >= 4 is 35.7 Å². The Morgan fingerprint density at radius 2 is 1.24 bits per heavy atom. The number of alkyl carbamates (subject to hydrolysis) is 1. The maximum Gasteiger partial charge on any atom is 0.407 e. The number of carbonyl (C=O) groups is 6. The van der Waals surface area contributed by atoms with Gasteiger partial charge < -0.3 is 36.4 Å². The molecule has 46 heavy (non-hydrogen) atoms. The number of aliphatic carboxylic acids is 1. The minimum absolute atomic E-state index is 0.0821. The zero-order chi connectivity index (χ0) is 32.9. The van der Waals surface area contributed by atoms with Gasteiger partial charge in [-0.25, -0.2) is 4.79 Å². The quantitative estimate of drug-likeness (QED) is 0.144. The van der Waals surface area contributed by atoms with Crippen LogP contribution >= 0.6 is 0 Å². The first-order chi connectivity index (χ1) is 22.2. The van der Waals surface area contributed by atoms with E-state index in [9.17, 15) is 28.8 Å². The van der Waals surface area contributed by atoms with E-state index in [1.807, 2.05) is 48.5 Å². The number of carboxylic acid groups (broad SMARTS) is 1. The van der Waals surface area contributed by atoms with E-state index < -0.39 is 61.4 Å². The number of carboxylic acids is 1. The molecule has 13 nitrogen and oxygen atoms in total. The first-order valence-corrected chi connectivity index (χ1v) is 14.7. The van der Waals surface area contributed by atoms with Crippen LogP contribution in [0.3, 0.4) is 0 Å². The molecule has 3 aromatic carbocycles. The number of benzene rings is 3. The summed E-state index contributed by atoms with van der Waals surface area (Å²) in [5.41, 5.74) is 5.03. The second-order valence-electron chi connectivity index (χ2n) is 10.5. The summed E-state index contributed by atoms with van der Waals surface area (Å²) < 4.78 is 5.41. The Balaban J connectivity index is 1.21. The van der Waals surface area contributed by atoms with Crippen LogP contribution in [-0.4, -0.2) is 79.6 Å². The van der Waals surface area contributed by atoms with Gasteiger partial charge in [-0.3, -0.25) is 24.0 Å². The van der Waals surface area contributed by atoms with E-state index in [1.54, 1.807) is 30.3 Å². The lowest BCUT2D eigenvalue weighted by Crippen LogP contribution is -2.52. The summed E-state index contributed by atoms with van der Waals surface area (Å²) in [4.78, 5) is 72.7. The molecule has 0 unspecified atom stereocenters. The lowest BCUT2D eigenvalue weighted by Gasteiger charge is -2.19. The molecule has 0 aromatic heterocycles. The van der Waals surface area contributed by atoms with Crippen molar-refractivity contribution in [2.24, 2.45) is 0 Å². The molecule has 5 amide bonds. The van der Waals surface area contributed by atoms with Crippen molar-refractivity contribution in [3.05, 3.63) is 95.6 Å². The molecule has 0 bridgehead atoms. The number of ether oxygens (including phenoxy) is 1. The summed E-state index contributed by atoms with van der Waals surface area (Å²) in [6.07, 6.45) is -0.941. The molecule has 0 radical (unpaired) electrons. The lowest BCUT2D eigenvalue weighted by molar-refractivity contribution is -0.137. The van der Waals surface area contributed by atoms with Crippen LogP contribution in [0.15, 0.2) is 78.9 Å². The maximum absolute atomic E-state index is 12.8. The van der Waals surface area contributed by atoms with Gasteiger partial charge in [0.25, 0.3) is 0 Å². The van der Waals surface area contributed by atoms with E-state index in [0.29, 0.717) is 0 Å². The number of carbonyl (C=O) groups excluding carboxylic acids is 5. The number of rotatable bonds is 15. The number of hydrogen-bond donors (Lipinski definition) is 6. The zero-order valence-electron chi connectivity index (χ0n) is 24.9. The standard InChI is InChI=1S/C33H35N5O8/c39-28(34-15-14-31(42)43)17-36-32(44)27(16-21-8-2-1-3-9-21)38-30(41)19-35-29(40)18-37-33(45)46-20-26-24-12-6-4-10-22(24)23-11-5-7-13-25(23)26/h1-13,26-27H,14-20H2,(H,34,39)(H,35,40)(H,36,44)(H,37,45)(H,38,41)(H,42,43)/t27-/m0/s1. The zero-order valence-corrected chi connectivity index (χ0v) is 24.9. The Hall–Kier alpha value is -5.72. The van der Waals surface area contributed by atoms with Gasteiger partial charge in [-0.15, -0.1) is 0 Å². The largest absolute Gasteiger partial charge is 0.481 e. The molecule has 13 heteroatoms. The first-order valence-electron chi connectivity index (χ1n) is 14.7. The summed E-state index contributed by atoms with van der Waals surface area (Å²) in [5, 5.41) is 20.8. The van der Waals surface area contributed by atoms with Gasteiger partial charge in [-0.2, -0.15) is 0 Å². The van der Waals surface area contributed by atoms with Crippen LogP contribution in [0.2, 0.25) is 0 Å². The Labute approximate surface area is 265 Å². The predicted octanol–water partition coefficient (Wildman–Crippen LogP) is 1.08. The van der Waals surface area contributed by atoms with Crippen LogP contribution in [0.1, 0.15) is 29.0 Å². The number of nitrogens with one attached hydrogen (secondary N) is 5. The summed E-state index contributed by atoms with van der Waals surface area (Å²) in [7, 11) is 0. The van der Waals surface area contributed by atoms with Crippen molar-refractivity contribution in [1.82, 2.24) is 26.6 Å². The van der Waals surface area contributed by atoms with Gasteiger partial charge in [-0.05, 0) is 27.8 Å². The van der Waals surface area contributed by atoms with Gasteiger partial charge in [0.1, 0.15) is 19.2 Å². The highest BCUT2D eigenvalue weighted by Gasteiger charge is 2.29. The average Bonchev–Trinajstić information content (AvgIpc) is 3.37. The summed E-state index contributed by atoms with van der Waals surface area (Å²) >= 11 is 0. The van der Waals surface area contributed by atoms with E-state index in [0.717, 1.165) is 27.8 Å². The highest BCUT2D eigenvalue weighted by atomic mass is 16.5. The Morgan fingerprint density at radius 3 is 1.89 bits per heavy atom. The molecule has 0 fully saturated rings. The van der Waals surface area contributed by atoms with Crippen molar-refractivity contribution in [3.63, 3.8) is 0 Å². The molecule has 0 heterocycles. The Bertz CT molecular complexity index is 1530. The van der Waals surface area contributed by atoms with E-state index in [2.05, 4.69) is 26.6 Å². The van der Waals surface area contributed by atoms with Crippen LogP contribution in [0, 0.1) is 0 Å². The second kappa shape index (κ2) is 16.4. The molecule has 1 aliphatic carbocycles. The van der Waals surface area contributed by atoms with Gasteiger partial charge in [0.05, 0.1) is 19.5 Å². The van der Waals surface area contributed by atoms with Crippen LogP contribution in [0.4, 0.5) is 4.79 Å². The summed E-state index contributed by atoms with van der Waals surface area (Å²) in [6.45, 7) is -1.34. The summed E-state index contributed by atoms with van der Waals surface area (Å²) in [5.74, 6) is -3.76. The highest BCUT2D eigenvalue weighted by molar-refractivity contribution is 5.92. The Morgan fingerprint density at radius 1 is 0.674 bits per heavy atom. The third-order valence-electron chi connectivity index (χ3n) is 7.20. The topological polar surface area (TPSA) is 192 Å². The number of hydrogen-bond acceptors (Lipinski definition) is 7. The van der Waals surface area contributed by atoms with Crippen molar-refractivity contribution in [3.8, 4) is 11.1 Å². The normalized spacial score (nSPS) is 12.1. The second-order valence-corrected chi connectivity index (χ2v) is 10.5. The van der Waals surface area contributed by atoms with E-state index in [-0.39, 0.29) is 31.9 Å². The monoisotopic (exact) mass is 629 g/mol. The molecule has 240 valence electrons. The Kier molecular flexibility index (Phi) is 11.8. The van der Waals surface area contributed by atoms with Gasteiger partial charge in [0, 0.05) is 18.9 Å². The smallest absolute Gasteiger partial charge is 0.407 e. The summed E-state index contributed by atoms with van der Waals surface area (Å²) in [6, 6.07) is 23.6. The fourth-order valence-corrected chi connectivity index (χ4v) is 5.01. The first kappa shape index (κ1) is 33.2.